The first-order valence-electron chi connectivity index (χ1n) is 6.14. The van der Waals surface area contributed by atoms with Crippen molar-refractivity contribution in [3.8, 4) is 11.3 Å². The fourth-order valence-electron chi connectivity index (χ4n) is 1.99. The number of hydrogen-bond acceptors (Lipinski definition) is 2. The summed E-state index contributed by atoms with van der Waals surface area (Å²) in [6.07, 6.45) is 0.899. The van der Waals surface area contributed by atoms with E-state index in [0.29, 0.717) is 12.5 Å². The molecule has 96 valence electrons. The maximum absolute atomic E-state index is 12.9. The van der Waals surface area contributed by atoms with Crippen LogP contribution in [0.4, 0.5) is 4.39 Å². The van der Waals surface area contributed by atoms with E-state index in [0.717, 1.165) is 29.2 Å². The molecule has 0 aliphatic heterocycles. The number of H-pyrrole nitrogens is 1. The smallest absolute Gasteiger partial charge is 0.123 e. The predicted octanol–water partition coefficient (Wildman–Crippen LogP) is 2.98. The van der Waals surface area contributed by atoms with E-state index in [1.54, 1.807) is 12.1 Å². The van der Waals surface area contributed by atoms with Crippen LogP contribution in [0.1, 0.15) is 30.8 Å². The van der Waals surface area contributed by atoms with Crippen molar-refractivity contribution in [3.05, 3.63) is 41.6 Å². The number of rotatable bonds is 4. The summed E-state index contributed by atoms with van der Waals surface area (Å²) < 4.78 is 12.9. The van der Waals surface area contributed by atoms with Crippen molar-refractivity contribution < 1.29 is 4.39 Å². The Balaban J connectivity index is 2.31. The quantitative estimate of drug-likeness (QED) is 0.872. The maximum Gasteiger partial charge on any atom is 0.123 e. The van der Waals surface area contributed by atoms with Gasteiger partial charge in [-0.3, -0.25) is 0 Å². The lowest BCUT2D eigenvalue weighted by molar-refractivity contribution is 0.628. The minimum Gasteiger partial charge on any atom is -0.345 e. The van der Waals surface area contributed by atoms with E-state index in [1.165, 1.54) is 12.1 Å². The minimum atomic E-state index is -0.233. The number of hydrogen-bond donors (Lipinski definition) is 2. The monoisotopic (exact) mass is 247 g/mol. The molecule has 0 aliphatic carbocycles. The maximum atomic E-state index is 12.9. The molecule has 18 heavy (non-hydrogen) atoms. The molecule has 3 N–H and O–H groups in total. The largest absolute Gasteiger partial charge is 0.345 e. The molecule has 2 rings (SSSR count). The number of imidazole rings is 1. The molecule has 1 atom stereocenters. The summed E-state index contributed by atoms with van der Waals surface area (Å²) >= 11 is 0. The normalized spacial score (nSPS) is 12.7. The van der Waals surface area contributed by atoms with Crippen LogP contribution in [0.3, 0.4) is 0 Å². The lowest BCUT2D eigenvalue weighted by atomic mass is 10.1. The number of nitrogens with two attached hydrogens (primary N) is 1. The highest BCUT2D eigenvalue weighted by atomic mass is 19.1. The number of aromatic nitrogens is 2. The minimum absolute atomic E-state index is 0.233. The van der Waals surface area contributed by atoms with Crippen LogP contribution in [-0.2, 0) is 0 Å². The van der Waals surface area contributed by atoms with E-state index in [2.05, 4.69) is 16.9 Å². The second-order valence-corrected chi connectivity index (χ2v) is 4.58. The van der Waals surface area contributed by atoms with Crippen molar-refractivity contribution in [3.63, 3.8) is 0 Å². The Bertz CT molecular complexity index is 516. The lowest BCUT2D eigenvalue weighted by Gasteiger charge is -2.05. The number of nitrogens with one attached hydrogen (secondary N) is 1. The van der Waals surface area contributed by atoms with Gasteiger partial charge in [-0.1, -0.05) is 6.92 Å². The van der Waals surface area contributed by atoms with Crippen molar-refractivity contribution in [2.45, 2.75) is 26.2 Å². The van der Waals surface area contributed by atoms with Gasteiger partial charge in [-0.2, -0.15) is 0 Å². The lowest BCUT2D eigenvalue weighted by Crippen LogP contribution is -2.05. The molecule has 0 radical (unpaired) electrons. The van der Waals surface area contributed by atoms with Crippen LogP contribution in [0.2, 0.25) is 0 Å². The van der Waals surface area contributed by atoms with Crippen LogP contribution in [0.5, 0.6) is 0 Å². The second-order valence-electron chi connectivity index (χ2n) is 4.58. The summed E-state index contributed by atoms with van der Waals surface area (Å²) in [5, 5.41) is 0. The Hall–Kier alpha value is -1.68. The molecule has 0 saturated carbocycles. The number of nitrogens with zero attached hydrogens (tertiary/aromatic N) is 1. The highest BCUT2D eigenvalue weighted by Crippen LogP contribution is 2.25. The van der Waals surface area contributed by atoms with Crippen LogP contribution in [0.15, 0.2) is 24.3 Å². The molecular weight excluding hydrogens is 229 g/mol. The van der Waals surface area contributed by atoms with Crippen LogP contribution >= 0.6 is 0 Å². The first-order valence-corrected chi connectivity index (χ1v) is 6.14. The molecule has 0 bridgehead atoms. The van der Waals surface area contributed by atoms with Crippen molar-refractivity contribution >= 4 is 0 Å². The first kappa shape index (κ1) is 12.8. The van der Waals surface area contributed by atoms with Gasteiger partial charge in [0.25, 0.3) is 0 Å². The summed E-state index contributed by atoms with van der Waals surface area (Å²) in [6, 6.07) is 6.39. The van der Waals surface area contributed by atoms with Crippen LogP contribution < -0.4 is 5.73 Å². The average molecular weight is 247 g/mol. The van der Waals surface area contributed by atoms with E-state index < -0.39 is 0 Å². The third kappa shape index (κ3) is 2.59. The van der Waals surface area contributed by atoms with E-state index in [1.807, 2.05) is 6.92 Å². The highest BCUT2D eigenvalue weighted by molar-refractivity contribution is 5.61. The van der Waals surface area contributed by atoms with E-state index in [9.17, 15) is 4.39 Å². The van der Waals surface area contributed by atoms with Gasteiger partial charge >= 0.3 is 0 Å². The van der Waals surface area contributed by atoms with Gasteiger partial charge in [-0.15, -0.1) is 0 Å². The fraction of sp³-hybridized carbons (Fsp3) is 0.357. The van der Waals surface area contributed by atoms with Crippen LogP contribution in [0, 0.1) is 12.7 Å². The van der Waals surface area contributed by atoms with Gasteiger partial charge in [0.15, 0.2) is 0 Å². The topological polar surface area (TPSA) is 54.7 Å². The molecule has 0 aliphatic rings. The van der Waals surface area contributed by atoms with Crippen molar-refractivity contribution in [1.82, 2.24) is 9.97 Å². The highest BCUT2D eigenvalue weighted by Gasteiger charge is 2.13. The number of benzene rings is 1. The fourth-order valence-corrected chi connectivity index (χ4v) is 1.99. The molecule has 4 heteroatoms. The standard InChI is InChI=1S/C14H18FN3/c1-9(7-8-16)14-17-10(2)13(18-14)11-3-5-12(15)6-4-11/h3-6,9H,7-8,16H2,1-2H3,(H,17,18). The van der Waals surface area contributed by atoms with Gasteiger partial charge in [-0.25, -0.2) is 9.37 Å². The van der Waals surface area contributed by atoms with Crippen molar-refractivity contribution in [2.75, 3.05) is 6.54 Å². The van der Waals surface area contributed by atoms with Crippen molar-refractivity contribution in [1.29, 1.82) is 0 Å². The Morgan fingerprint density at radius 3 is 2.61 bits per heavy atom. The molecule has 0 fully saturated rings. The Labute approximate surface area is 106 Å². The number of aryl methyl sites for hydroxylation is 1. The molecule has 3 nitrogen and oxygen atoms in total. The Morgan fingerprint density at radius 2 is 2.00 bits per heavy atom. The molecule has 1 aromatic heterocycles. The molecule has 1 heterocycles. The summed E-state index contributed by atoms with van der Waals surface area (Å²) in [5.74, 6) is 1.02. The number of halogens is 1. The molecule has 1 aromatic carbocycles. The van der Waals surface area contributed by atoms with E-state index in [4.69, 9.17) is 5.73 Å². The third-order valence-corrected chi connectivity index (χ3v) is 3.09. The van der Waals surface area contributed by atoms with E-state index >= 15 is 0 Å². The number of aromatic amines is 1. The third-order valence-electron chi connectivity index (χ3n) is 3.09. The summed E-state index contributed by atoms with van der Waals surface area (Å²) in [4.78, 5) is 7.88. The van der Waals surface area contributed by atoms with Gasteiger partial charge < -0.3 is 10.7 Å². The van der Waals surface area contributed by atoms with Crippen LogP contribution in [-0.4, -0.2) is 16.5 Å². The zero-order valence-electron chi connectivity index (χ0n) is 10.7. The van der Waals surface area contributed by atoms with Gasteiger partial charge in [0.05, 0.1) is 5.69 Å². The second kappa shape index (κ2) is 5.31. The zero-order valence-corrected chi connectivity index (χ0v) is 10.7. The first-order chi connectivity index (χ1) is 8.61. The molecule has 2 aromatic rings. The summed E-state index contributed by atoms with van der Waals surface area (Å²) in [7, 11) is 0. The zero-order chi connectivity index (χ0) is 13.1. The van der Waals surface area contributed by atoms with Gasteiger partial charge in [-0.05, 0) is 44.2 Å². The van der Waals surface area contributed by atoms with Gasteiger partial charge in [0.1, 0.15) is 11.6 Å². The Morgan fingerprint density at radius 1 is 1.33 bits per heavy atom. The summed E-state index contributed by atoms with van der Waals surface area (Å²) in [5.41, 5.74) is 8.37. The Kier molecular flexibility index (Phi) is 3.77. The van der Waals surface area contributed by atoms with Crippen molar-refractivity contribution in [2.24, 2.45) is 5.73 Å². The van der Waals surface area contributed by atoms with Gasteiger partial charge in [0, 0.05) is 17.2 Å². The average Bonchev–Trinajstić information content (AvgIpc) is 2.73. The van der Waals surface area contributed by atoms with E-state index in [-0.39, 0.29) is 5.82 Å². The molecule has 0 spiro atoms. The summed E-state index contributed by atoms with van der Waals surface area (Å²) in [6.45, 7) is 4.72. The molecule has 0 saturated heterocycles. The predicted molar refractivity (Wildman–Crippen MR) is 70.8 cm³/mol. The van der Waals surface area contributed by atoms with Gasteiger partial charge in [0.2, 0.25) is 0 Å². The van der Waals surface area contributed by atoms with Crippen LogP contribution in [0.25, 0.3) is 11.3 Å². The molecule has 1 unspecified atom stereocenters. The SMILES string of the molecule is Cc1[nH]c(C(C)CCN)nc1-c1ccc(F)cc1. The molecule has 0 amide bonds. The molecular formula is C14H18FN3.